The van der Waals surface area contributed by atoms with Crippen LogP contribution in [0.3, 0.4) is 0 Å². The highest BCUT2D eigenvalue weighted by Crippen LogP contribution is 2.19. The molecule has 0 saturated carbocycles. The van der Waals surface area contributed by atoms with Crippen LogP contribution >= 0.6 is 0 Å². The molecule has 2 aromatic heterocycles. The fourth-order valence-electron chi connectivity index (χ4n) is 1.12. The number of pyridine rings is 1. The van der Waals surface area contributed by atoms with Gasteiger partial charge in [-0.05, 0) is 6.07 Å². The summed E-state index contributed by atoms with van der Waals surface area (Å²) in [5.74, 6) is -1.03. The van der Waals surface area contributed by atoms with E-state index < -0.39 is 5.97 Å². The first-order valence-electron chi connectivity index (χ1n) is 3.82. The van der Waals surface area contributed by atoms with Crippen molar-refractivity contribution < 1.29 is 9.90 Å². The average molecular weight is 190 g/mol. The summed E-state index contributed by atoms with van der Waals surface area (Å²) in [4.78, 5) is 14.6. The first-order chi connectivity index (χ1) is 6.79. The van der Waals surface area contributed by atoms with Crippen LogP contribution < -0.4 is 0 Å². The molecule has 0 atom stereocenters. The summed E-state index contributed by atoms with van der Waals surface area (Å²) in [6, 6.07) is 1.58. The number of aromatic nitrogens is 4. The van der Waals surface area contributed by atoms with Gasteiger partial charge in [-0.25, -0.2) is 4.79 Å². The zero-order chi connectivity index (χ0) is 9.97. The standard InChI is InChI=1S/C8H6N4O2/c13-8(14)6-3-9-2-1-5(6)7-4-10-12-11-7/h1-4H,(H,13,14)(H,10,11,12). The van der Waals surface area contributed by atoms with Gasteiger partial charge in [0.15, 0.2) is 0 Å². The van der Waals surface area contributed by atoms with Gasteiger partial charge in [0.2, 0.25) is 0 Å². The molecular weight excluding hydrogens is 184 g/mol. The molecule has 0 aliphatic heterocycles. The summed E-state index contributed by atoms with van der Waals surface area (Å²) in [5, 5.41) is 18.7. The molecule has 0 aliphatic carbocycles. The van der Waals surface area contributed by atoms with E-state index in [1.54, 1.807) is 6.07 Å². The molecule has 0 aliphatic rings. The highest BCUT2D eigenvalue weighted by molar-refractivity contribution is 5.94. The Morgan fingerprint density at radius 2 is 2.29 bits per heavy atom. The van der Waals surface area contributed by atoms with E-state index in [1.807, 2.05) is 0 Å². The smallest absolute Gasteiger partial charge is 0.337 e. The molecule has 70 valence electrons. The maximum absolute atomic E-state index is 10.8. The first kappa shape index (κ1) is 8.36. The van der Waals surface area contributed by atoms with Crippen LogP contribution in [0, 0.1) is 0 Å². The molecule has 2 aromatic rings. The minimum absolute atomic E-state index is 0.112. The van der Waals surface area contributed by atoms with Crippen LogP contribution in [-0.2, 0) is 0 Å². The highest BCUT2D eigenvalue weighted by atomic mass is 16.4. The second-order valence-electron chi connectivity index (χ2n) is 2.58. The summed E-state index contributed by atoms with van der Waals surface area (Å²) in [7, 11) is 0. The lowest BCUT2D eigenvalue weighted by atomic mass is 10.1. The highest BCUT2D eigenvalue weighted by Gasteiger charge is 2.12. The van der Waals surface area contributed by atoms with Crippen molar-refractivity contribution in [1.82, 2.24) is 20.4 Å². The number of nitrogens with zero attached hydrogens (tertiary/aromatic N) is 3. The Bertz CT molecular complexity index is 452. The van der Waals surface area contributed by atoms with E-state index >= 15 is 0 Å². The molecule has 14 heavy (non-hydrogen) atoms. The molecule has 0 fully saturated rings. The third-order valence-corrected chi connectivity index (χ3v) is 1.74. The molecule has 0 spiro atoms. The number of carboxylic acid groups (broad SMARTS) is 1. The predicted octanol–water partition coefficient (Wildman–Crippen LogP) is 0.565. The molecule has 0 bridgehead atoms. The summed E-state index contributed by atoms with van der Waals surface area (Å²) in [6.07, 6.45) is 4.25. The van der Waals surface area contributed by atoms with E-state index in [4.69, 9.17) is 5.11 Å². The van der Waals surface area contributed by atoms with E-state index in [2.05, 4.69) is 20.4 Å². The molecule has 2 rings (SSSR count). The fourth-order valence-corrected chi connectivity index (χ4v) is 1.12. The van der Waals surface area contributed by atoms with Crippen LogP contribution in [0.4, 0.5) is 0 Å². The van der Waals surface area contributed by atoms with Crippen LogP contribution in [0.5, 0.6) is 0 Å². The first-order valence-corrected chi connectivity index (χ1v) is 3.82. The summed E-state index contributed by atoms with van der Waals surface area (Å²) >= 11 is 0. The topological polar surface area (TPSA) is 91.8 Å². The van der Waals surface area contributed by atoms with Crippen molar-refractivity contribution in [2.45, 2.75) is 0 Å². The zero-order valence-corrected chi connectivity index (χ0v) is 7.01. The molecule has 0 amide bonds. The number of hydrogen-bond acceptors (Lipinski definition) is 4. The third kappa shape index (κ3) is 1.33. The Balaban J connectivity index is 2.58. The van der Waals surface area contributed by atoms with Gasteiger partial charge in [-0.3, -0.25) is 4.98 Å². The molecule has 6 nitrogen and oxygen atoms in total. The Hall–Kier alpha value is -2.24. The van der Waals surface area contributed by atoms with Crippen molar-refractivity contribution in [3.8, 4) is 11.3 Å². The molecular formula is C8H6N4O2. The lowest BCUT2D eigenvalue weighted by molar-refractivity contribution is 0.0697. The summed E-state index contributed by atoms with van der Waals surface area (Å²) in [6.45, 7) is 0. The maximum atomic E-state index is 10.8. The van der Waals surface area contributed by atoms with Crippen molar-refractivity contribution in [2.24, 2.45) is 0 Å². The van der Waals surface area contributed by atoms with Gasteiger partial charge < -0.3 is 5.11 Å². The van der Waals surface area contributed by atoms with Crippen molar-refractivity contribution in [3.05, 3.63) is 30.2 Å². The van der Waals surface area contributed by atoms with Crippen molar-refractivity contribution in [2.75, 3.05) is 0 Å². The van der Waals surface area contributed by atoms with Crippen LogP contribution in [0.2, 0.25) is 0 Å². The summed E-state index contributed by atoms with van der Waals surface area (Å²) < 4.78 is 0. The number of hydrogen-bond donors (Lipinski definition) is 2. The van der Waals surface area contributed by atoms with Crippen LogP contribution in [-0.4, -0.2) is 31.5 Å². The predicted molar refractivity (Wildman–Crippen MR) is 46.6 cm³/mol. The third-order valence-electron chi connectivity index (χ3n) is 1.74. The Morgan fingerprint density at radius 1 is 1.43 bits per heavy atom. The Morgan fingerprint density at radius 3 is 2.93 bits per heavy atom. The Labute approximate surface area is 78.6 Å². The van der Waals surface area contributed by atoms with Gasteiger partial charge in [-0.15, -0.1) is 0 Å². The number of carboxylic acids is 1. The molecule has 0 aromatic carbocycles. The lowest BCUT2D eigenvalue weighted by Gasteiger charge is -1.99. The van der Waals surface area contributed by atoms with Gasteiger partial charge >= 0.3 is 5.97 Å². The molecule has 6 heteroatoms. The number of aromatic carboxylic acids is 1. The number of nitrogens with one attached hydrogen (secondary N) is 1. The average Bonchev–Trinajstić information content (AvgIpc) is 2.70. The number of carbonyl (C=O) groups is 1. The molecule has 0 radical (unpaired) electrons. The molecule has 2 N–H and O–H groups in total. The van der Waals surface area contributed by atoms with Crippen LogP contribution in [0.15, 0.2) is 24.7 Å². The van der Waals surface area contributed by atoms with Crippen molar-refractivity contribution in [3.63, 3.8) is 0 Å². The van der Waals surface area contributed by atoms with Gasteiger partial charge in [0, 0.05) is 18.0 Å². The van der Waals surface area contributed by atoms with Crippen LogP contribution in [0.25, 0.3) is 11.3 Å². The van der Waals surface area contributed by atoms with Crippen molar-refractivity contribution >= 4 is 5.97 Å². The molecule has 0 unspecified atom stereocenters. The Kier molecular flexibility index (Phi) is 1.94. The van der Waals surface area contributed by atoms with Gasteiger partial charge in [0.1, 0.15) is 5.69 Å². The number of rotatable bonds is 2. The molecule has 2 heterocycles. The quantitative estimate of drug-likeness (QED) is 0.722. The van der Waals surface area contributed by atoms with Crippen molar-refractivity contribution in [1.29, 1.82) is 0 Å². The van der Waals surface area contributed by atoms with Gasteiger partial charge in [0.25, 0.3) is 0 Å². The zero-order valence-electron chi connectivity index (χ0n) is 7.01. The number of H-pyrrole nitrogens is 1. The summed E-state index contributed by atoms with van der Waals surface area (Å²) in [5.41, 5.74) is 1.10. The lowest BCUT2D eigenvalue weighted by Crippen LogP contribution is -2.00. The monoisotopic (exact) mass is 190 g/mol. The minimum atomic E-state index is -1.03. The maximum Gasteiger partial charge on any atom is 0.337 e. The van der Waals surface area contributed by atoms with E-state index in [0.717, 1.165) is 0 Å². The van der Waals surface area contributed by atoms with E-state index in [0.29, 0.717) is 11.3 Å². The van der Waals surface area contributed by atoms with E-state index in [1.165, 1.54) is 18.6 Å². The van der Waals surface area contributed by atoms with Gasteiger partial charge in [-0.1, -0.05) is 0 Å². The second kappa shape index (κ2) is 3.25. The fraction of sp³-hybridized carbons (Fsp3) is 0. The minimum Gasteiger partial charge on any atom is -0.478 e. The van der Waals surface area contributed by atoms with Gasteiger partial charge in [-0.2, -0.15) is 15.4 Å². The van der Waals surface area contributed by atoms with Gasteiger partial charge in [0.05, 0.1) is 11.8 Å². The second-order valence-corrected chi connectivity index (χ2v) is 2.58. The van der Waals surface area contributed by atoms with E-state index in [-0.39, 0.29) is 5.56 Å². The van der Waals surface area contributed by atoms with Crippen LogP contribution in [0.1, 0.15) is 10.4 Å². The molecule has 0 saturated heterocycles. The largest absolute Gasteiger partial charge is 0.478 e. The SMILES string of the molecule is O=C(O)c1cnccc1-c1cn[nH]n1. The van der Waals surface area contributed by atoms with E-state index in [9.17, 15) is 4.79 Å². The number of aromatic amines is 1. The normalized spacial score (nSPS) is 10.0.